The molecule has 0 radical (unpaired) electrons. The van der Waals surface area contributed by atoms with Crippen LogP contribution in [-0.4, -0.2) is 25.0 Å². The van der Waals surface area contributed by atoms with Crippen molar-refractivity contribution in [1.82, 2.24) is 5.32 Å². The Hall–Kier alpha value is -2.60. The van der Waals surface area contributed by atoms with E-state index in [9.17, 15) is 18.0 Å². The first-order valence-corrected chi connectivity index (χ1v) is 10.2. The van der Waals surface area contributed by atoms with Crippen molar-refractivity contribution in [3.63, 3.8) is 0 Å². The minimum absolute atomic E-state index is 0.0531. The number of piperidine rings is 1. The fraction of sp³-hybridized carbons (Fsp3) is 0.375. The summed E-state index contributed by atoms with van der Waals surface area (Å²) in [4.78, 5) is 15.3. The van der Waals surface area contributed by atoms with Crippen LogP contribution in [0.3, 0.4) is 0 Å². The Kier molecular flexibility index (Phi) is 5.22. The van der Waals surface area contributed by atoms with Crippen molar-refractivity contribution in [3.05, 3.63) is 77.4 Å². The maximum atomic E-state index is 13.6. The van der Waals surface area contributed by atoms with Gasteiger partial charge in [-0.25, -0.2) is 0 Å². The van der Waals surface area contributed by atoms with Gasteiger partial charge in [0.15, 0.2) is 0 Å². The summed E-state index contributed by atoms with van der Waals surface area (Å²) >= 11 is 0. The summed E-state index contributed by atoms with van der Waals surface area (Å²) in [6.07, 6.45) is -2.14. The quantitative estimate of drug-likeness (QED) is 0.690. The summed E-state index contributed by atoms with van der Waals surface area (Å²) in [5.74, 6) is -0.393. The van der Waals surface area contributed by atoms with Gasteiger partial charge in [0.05, 0.1) is 11.6 Å². The molecule has 30 heavy (non-hydrogen) atoms. The topological polar surface area (TPSA) is 32.3 Å². The summed E-state index contributed by atoms with van der Waals surface area (Å²) in [7, 11) is 0. The van der Waals surface area contributed by atoms with Crippen molar-refractivity contribution in [1.29, 1.82) is 0 Å². The number of rotatable bonds is 3. The lowest BCUT2D eigenvalue weighted by Crippen LogP contribution is -2.52. The minimum Gasteiger partial charge on any atom is -0.317 e. The van der Waals surface area contributed by atoms with Crippen LogP contribution in [0.1, 0.15) is 47.7 Å². The Balaban J connectivity index is 1.83. The van der Waals surface area contributed by atoms with E-state index in [0.717, 1.165) is 54.9 Å². The van der Waals surface area contributed by atoms with Crippen molar-refractivity contribution < 1.29 is 18.0 Å². The molecule has 0 aromatic heterocycles. The number of halogens is 3. The number of nitrogens with one attached hydrogen (secondary N) is 1. The molecule has 1 saturated heterocycles. The van der Waals surface area contributed by atoms with E-state index in [2.05, 4.69) is 18.0 Å². The fourth-order valence-corrected chi connectivity index (χ4v) is 5.01. The molecular formula is C24H25F3N2O. The van der Waals surface area contributed by atoms with Gasteiger partial charge in [-0.15, -0.1) is 6.58 Å². The average Bonchev–Trinajstić information content (AvgIpc) is 2.96. The monoisotopic (exact) mass is 414 g/mol. The molecule has 0 bridgehead atoms. The van der Waals surface area contributed by atoms with Gasteiger partial charge in [0.1, 0.15) is 0 Å². The zero-order chi connectivity index (χ0) is 21.5. The van der Waals surface area contributed by atoms with Gasteiger partial charge in [0, 0.05) is 16.7 Å². The summed E-state index contributed by atoms with van der Waals surface area (Å²) in [6, 6.07) is 12.4. The van der Waals surface area contributed by atoms with E-state index >= 15 is 0 Å². The average molecular weight is 414 g/mol. The number of anilines is 1. The number of fused-ring (bicyclic) bond motifs is 2. The van der Waals surface area contributed by atoms with Gasteiger partial charge in [0.25, 0.3) is 5.91 Å². The molecule has 6 heteroatoms. The van der Waals surface area contributed by atoms with Crippen LogP contribution in [0, 0.1) is 0 Å². The highest BCUT2D eigenvalue weighted by Crippen LogP contribution is 2.52. The van der Waals surface area contributed by atoms with Crippen LogP contribution in [0.2, 0.25) is 0 Å². The lowest BCUT2D eigenvalue weighted by Gasteiger charge is -2.42. The number of carbonyl (C=O) groups excluding carboxylic acids is 1. The van der Waals surface area contributed by atoms with Gasteiger partial charge >= 0.3 is 6.18 Å². The smallest absolute Gasteiger partial charge is 0.317 e. The Morgan fingerprint density at radius 1 is 1.17 bits per heavy atom. The molecule has 0 unspecified atom stereocenters. The molecule has 1 amide bonds. The molecule has 4 rings (SSSR count). The first kappa shape index (κ1) is 20.7. The Labute approximate surface area is 174 Å². The Bertz CT molecular complexity index is 976. The van der Waals surface area contributed by atoms with Crippen molar-refractivity contribution in [2.24, 2.45) is 0 Å². The first-order valence-electron chi connectivity index (χ1n) is 10.2. The summed E-state index contributed by atoms with van der Waals surface area (Å²) in [5, 5.41) is 3.39. The van der Waals surface area contributed by atoms with E-state index in [1.165, 1.54) is 12.1 Å². The molecule has 3 nitrogen and oxygen atoms in total. The van der Waals surface area contributed by atoms with Crippen LogP contribution in [0.5, 0.6) is 0 Å². The highest BCUT2D eigenvalue weighted by atomic mass is 19.4. The maximum Gasteiger partial charge on any atom is 0.416 e. The lowest BCUT2D eigenvalue weighted by atomic mass is 9.68. The summed E-state index contributed by atoms with van der Waals surface area (Å²) in [6.45, 7) is 7.68. The van der Waals surface area contributed by atoms with E-state index in [4.69, 9.17) is 0 Å². The van der Waals surface area contributed by atoms with Crippen molar-refractivity contribution in [2.45, 2.75) is 43.8 Å². The number of para-hydroxylation sites is 1. The second-order valence-electron chi connectivity index (χ2n) is 8.35. The Morgan fingerprint density at radius 3 is 2.53 bits per heavy atom. The Morgan fingerprint density at radius 2 is 1.87 bits per heavy atom. The third kappa shape index (κ3) is 3.43. The van der Waals surface area contributed by atoms with Gasteiger partial charge in [-0.05, 0) is 69.1 Å². The van der Waals surface area contributed by atoms with Gasteiger partial charge in [-0.1, -0.05) is 29.8 Å². The molecule has 2 aliphatic heterocycles. The third-order valence-corrected chi connectivity index (χ3v) is 6.34. The molecule has 0 saturated carbocycles. The molecule has 1 spiro atoms. The number of alkyl halides is 3. The normalized spacial score (nSPS) is 20.3. The van der Waals surface area contributed by atoms with Crippen LogP contribution in [0.25, 0.3) is 0 Å². The molecule has 1 fully saturated rings. The van der Waals surface area contributed by atoms with Crippen molar-refractivity contribution >= 4 is 11.6 Å². The highest BCUT2D eigenvalue weighted by Gasteiger charge is 2.52. The van der Waals surface area contributed by atoms with Crippen molar-refractivity contribution in [2.75, 3.05) is 18.0 Å². The molecule has 0 aliphatic carbocycles. The predicted octanol–water partition coefficient (Wildman–Crippen LogP) is 5.32. The van der Waals surface area contributed by atoms with Crippen LogP contribution in [-0.2, 0) is 11.6 Å². The first-order chi connectivity index (χ1) is 14.2. The molecule has 2 aliphatic rings. The van der Waals surface area contributed by atoms with E-state index < -0.39 is 17.6 Å². The van der Waals surface area contributed by atoms with Crippen molar-refractivity contribution in [3.8, 4) is 0 Å². The second kappa shape index (κ2) is 7.58. The summed E-state index contributed by atoms with van der Waals surface area (Å²) < 4.78 is 39.7. The molecule has 2 aromatic carbocycles. The van der Waals surface area contributed by atoms with Crippen LogP contribution < -0.4 is 10.2 Å². The zero-order valence-electron chi connectivity index (χ0n) is 16.9. The van der Waals surface area contributed by atoms with E-state index in [1.807, 2.05) is 25.1 Å². The highest BCUT2D eigenvalue weighted by molar-refractivity contribution is 6.08. The number of benzene rings is 2. The van der Waals surface area contributed by atoms with Gasteiger partial charge in [-0.2, -0.15) is 13.2 Å². The van der Waals surface area contributed by atoms with Crippen LogP contribution >= 0.6 is 0 Å². The van der Waals surface area contributed by atoms with E-state index in [-0.39, 0.29) is 17.0 Å². The molecule has 2 heterocycles. The van der Waals surface area contributed by atoms with Gasteiger partial charge < -0.3 is 10.2 Å². The maximum absolute atomic E-state index is 13.6. The molecule has 1 N–H and O–H groups in total. The number of hydrogen-bond donors (Lipinski definition) is 1. The SMILES string of the molecule is C=C(C)C[C@H]1N(C(=O)c2cccc(C(F)(F)F)c2)c2ccccc2C12CCNCC2. The molecule has 1 atom stereocenters. The number of hydrogen-bond acceptors (Lipinski definition) is 2. The number of carbonyl (C=O) groups is 1. The second-order valence-corrected chi connectivity index (χ2v) is 8.35. The standard InChI is InChI=1S/C24H25F3N2O/c1-16(2)14-21-23(10-12-28-13-11-23)19-8-3-4-9-20(19)29(21)22(30)17-6-5-7-18(15-17)24(25,26)27/h3-9,15,21,28H,1,10-14H2,2H3/t21-/m1/s1. The van der Waals surface area contributed by atoms with Gasteiger partial charge in [0.2, 0.25) is 0 Å². The van der Waals surface area contributed by atoms with Gasteiger partial charge in [-0.3, -0.25) is 4.79 Å². The van der Waals surface area contributed by atoms with E-state index in [1.54, 1.807) is 4.90 Å². The minimum atomic E-state index is -4.49. The number of nitrogens with zero attached hydrogens (tertiary/aromatic N) is 1. The largest absolute Gasteiger partial charge is 0.416 e. The molecule has 158 valence electrons. The lowest BCUT2D eigenvalue weighted by molar-refractivity contribution is -0.137. The van der Waals surface area contributed by atoms with Crippen LogP contribution in [0.15, 0.2) is 60.7 Å². The number of amides is 1. The van der Waals surface area contributed by atoms with Crippen LogP contribution in [0.4, 0.5) is 18.9 Å². The summed E-state index contributed by atoms with van der Waals surface area (Å²) in [5.41, 5.74) is 1.88. The molecule has 2 aromatic rings. The fourth-order valence-electron chi connectivity index (χ4n) is 5.01. The van der Waals surface area contributed by atoms with E-state index in [0.29, 0.717) is 6.42 Å². The molecular weight excluding hydrogens is 389 g/mol. The third-order valence-electron chi connectivity index (χ3n) is 6.34. The predicted molar refractivity (Wildman–Crippen MR) is 112 cm³/mol. The zero-order valence-corrected chi connectivity index (χ0v) is 16.9.